The number of hydrogen-bond acceptors (Lipinski definition) is 9. The van der Waals surface area contributed by atoms with Crippen molar-refractivity contribution >= 4 is 40.8 Å². The number of carbonyl (C=O) groups excluding carboxylic acids is 2. The van der Waals surface area contributed by atoms with Crippen LogP contribution in [0.2, 0.25) is 0 Å². The highest BCUT2D eigenvalue weighted by Gasteiger charge is 2.45. The van der Waals surface area contributed by atoms with Gasteiger partial charge in [0.1, 0.15) is 16.4 Å². The summed E-state index contributed by atoms with van der Waals surface area (Å²) in [6, 6.07) is 6.88. The summed E-state index contributed by atoms with van der Waals surface area (Å²) in [5, 5.41) is 8.72. The Morgan fingerprint density at radius 1 is 1.12 bits per heavy atom. The number of esters is 2. The number of hydrogen-bond donors (Lipinski definition) is 1. The molecule has 4 rings (SSSR count). The third kappa shape index (κ3) is 3.54. The molecule has 1 aliphatic rings. The molecule has 0 radical (unpaired) electrons. The third-order valence-electron chi connectivity index (χ3n) is 5.12. The largest absolute Gasteiger partial charge is 0.468 e. The second kappa shape index (κ2) is 8.67. The molecule has 1 N–H and O–H groups in total. The SMILES string of the molecule is COC(=O)C1=c2sc(=Cc3cccnc3)c(=O)n2C(=N)C(C(=O)OC)C1c1cccnc1. The van der Waals surface area contributed by atoms with Gasteiger partial charge in [0.05, 0.1) is 24.3 Å². The summed E-state index contributed by atoms with van der Waals surface area (Å²) in [5.41, 5.74) is 0.792. The first kappa shape index (κ1) is 21.3. The highest BCUT2D eigenvalue weighted by atomic mass is 32.1. The Bertz CT molecular complexity index is 1380. The number of ether oxygens (including phenoxy) is 2. The average Bonchev–Trinajstić information content (AvgIpc) is 3.15. The maximum absolute atomic E-state index is 13.2. The first-order valence-corrected chi connectivity index (χ1v) is 10.3. The molecule has 0 amide bonds. The van der Waals surface area contributed by atoms with Crippen molar-refractivity contribution in [2.45, 2.75) is 5.92 Å². The molecule has 3 aromatic rings. The lowest BCUT2D eigenvalue weighted by atomic mass is 9.78. The van der Waals surface area contributed by atoms with Gasteiger partial charge < -0.3 is 9.47 Å². The molecule has 2 atom stereocenters. The maximum atomic E-state index is 13.2. The molecule has 10 heteroatoms. The van der Waals surface area contributed by atoms with E-state index in [0.29, 0.717) is 11.1 Å². The molecule has 0 aromatic carbocycles. The van der Waals surface area contributed by atoms with Gasteiger partial charge in [-0.05, 0) is 29.3 Å². The fourth-order valence-electron chi connectivity index (χ4n) is 3.71. The predicted molar refractivity (Wildman–Crippen MR) is 117 cm³/mol. The van der Waals surface area contributed by atoms with Crippen molar-refractivity contribution in [1.82, 2.24) is 14.5 Å². The summed E-state index contributed by atoms with van der Waals surface area (Å²) in [6.07, 6.45) is 7.90. The van der Waals surface area contributed by atoms with E-state index in [4.69, 9.17) is 14.9 Å². The van der Waals surface area contributed by atoms with Crippen LogP contribution in [0.1, 0.15) is 17.0 Å². The standard InChI is InChI=1S/C22H18N4O5S/c1-30-21(28)16-15(13-6-4-8-25-11-13)17(22(29)31-2)20-26(18(16)23)19(27)14(32-20)9-12-5-3-7-24-10-12/h3-11,15-16,23H,1-2H3. The van der Waals surface area contributed by atoms with Crippen LogP contribution in [0.5, 0.6) is 0 Å². The number of thiazole rings is 1. The zero-order valence-corrected chi connectivity index (χ0v) is 18.0. The number of pyridine rings is 2. The van der Waals surface area contributed by atoms with Crippen LogP contribution in [0.15, 0.2) is 53.8 Å². The van der Waals surface area contributed by atoms with Crippen molar-refractivity contribution in [1.29, 1.82) is 5.41 Å². The summed E-state index contributed by atoms with van der Waals surface area (Å²) >= 11 is 1.05. The van der Waals surface area contributed by atoms with Gasteiger partial charge in [-0.3, -0.25) is 29.5 Å². The number of fused-ring (bicyclic) bond motifs is 1. The van der Waals surface area contributed by atoms with Crippen molar-refractivity contribution in [3.63, 3.8) is 0 Å². The van der Waals surface area contributed by atoms with Crippen molar-refractivity contribution in [3.05, 3.63) is 79.7 Å². The smallest absolute Gasteiger partial charge is 0.337 e. The lowest BCUT2D eigenvalue weighted by Crippen LogP contribution is -2.50. The number of nitrogens with one attached hydrogen (secondary N) is 1. The van der Waals surface area contributed by atoms with Gasteiger partial charge in [-0.2, -0.15) is 0 Å². The highest BCUT2D eigenvalue weighted by molar-refractivity contribution is 7.07. The minimum Gasteiger partial charge on any atom is -0.468 e. The second-order valence-corrected chi connectivity index (χ2v) is 7.93. The van der Waals surface area contributed by atoms with E-state index in [-0.39, 0.29) is 20.6 Å². The van der Waals surface area contributed by atoms with E-state index in [1.165, 1.54) is 20.4 Å². The molecule has 2 unspecified atom stereocenters. The third-order valence-corrected chi connectivity index (χ3v) is 6.23. The number of aromatic nitrogens is 3. The van der Waals surface area contributed by atoms with Crippen LogP contribution in [0, 0.1) is 11.3 Å². The molecule has 0 saturated heterocycles. The summed E-state index contributed by atoms with van der Waals surface area (Å²) < 4.78 is 11.5. The van der Waals surface area contributed by atoms with E-state index in [9.17, 15) is 14.4 Å². The quantitative estimate of drug-likeness (QED) is 0.566. The molecule has 9 nitrogen and oxygen atoms in total. The summed E-state index contributed by atoms with van der Waals surface area (Å²) in [5.74, 6) is -3.86. The van der Waals surface area contributed by atoms with Crippen LogP contribution in [-0.2, 0) is 19.1 Å². The number of methoxy groups -OCH3 is 2. The summed E-state index contributed by atoms with van der Waals surface area (Å²) in [4.78, 5) is 47.0. The van der Waals surface area contributed by atoms with Crippen LogP contribution in [-0.4, -0.2) is 46.5 Å². The van der Waals surface area contributed by atoms with Gasteiger partial charge in [0, 0.05) is 30.7 Å². The normalized spacial score (nSPS) is 18.2. The van der Waals surface area contributed by atoms with E-state index in [0.717, 1.165) is 15.9 Å². The Morgan fingerprint density at radius 2 is 1.84 bits per heavy atom. The molecule has 162 valence electrons. The van der Waals surface area contributed by atoms with E-state index < -0.39 is 29.3 Å². The van der Waals surface area contributed by atoms with Gasteiger partial charge in [0.25, 0.3) is 5.56 Å². The van der Waals surface area contributed by atoms with Gasteiger partial charge >= 0.3 is 11.9 Å². The average molecular weight is 450 g/mol. The van der Waals surface area contributed by atoms with Crippen molar-refractivity contribution in [2.24, 2.45) is 5.92 Å². The first-order chi connectivity index (χ1) is 15.5. The molecule has 0 bridgehead atoms. The Kier molecular flexibility index (Phi) is 5.78. The topological polar surface area (TPSA) is 124 Å². The van der Waals surface area contributed by atoms with Gasteiger partial charge in [-0.15, -0.1) is 11.3 Å². The van der Waals surface area contributed by atoms with Crippen LogP contribution in [0.25, 0.3) is 11.6 Å². The van der Waals surface area contributed by atoms with E-state index >= 15 is 0 Å². The number of rotatable bonds is 4. The molecular weight excluding hydrogens is 432 g/mol. The Balaban J connectivity index is 2.10. The van der Waals surface area contributed by atoms with E-state index in [1.54, 1.807) is 48.9 Å². The van der Waals surface area contributed by atoms with E-state index in [2.05, 4.69) is 9.97 Å². The number of carbonyl (C=O) groups is 2. The van der Waals surface area contributed by atoms with Crippen LogP contribution >= 0.6 is 11.3 Å². The van der Waals surface area contributed by atoms with E-state index in [1.807, 2.05) is 0 Å². The van der Waals surface area contributed by atoms with Gasteiger partial charge in [0.15, 0.2) is 0 Å². The monoisotopic (exact) mass is 450 g/mol. The Hall–Kier alpha value is -3.92. The van der Waals surface area contributed by atoms with Gasteiger partial charge in [0.2, 0.25) is 0 Å². The van der Waals surface area contributed by atoms with Gasteiger partial charge in [-0.25, -0.2) is 4.79 Å². The number of nitrogens with zero attached hydrogens (tertiary/aromatic N) is 3. The van der Waals surface area contributed by atoms with Crippen molar-refractivity contribution < 1.29 is 19.1 Å². The molecule has 4 heterocycles. The van der Waals surface area contributed by atoms with Crippen LogP contribution in [0.4, 0.5) is 0 Å². The molecule has 0 fully saturated rings. The van der Waals surface area contributed by atoms with Gasteiger partial charge in [-0.1, -0.05) is 12.1 Å². The van der Waals surface area contributed by atoms with Crippen LogP contribution in [0.3, 0.4) is 0 Å². The zero-order valence-electron chi connectivity index (χ0n) is 17.1. The molecule has 0 aliphatic carbocycles. The molecule has 32 heavy (non-hydrogen) atoms. The molecule has 0 spiro atoms. The summed E-state index contributed by atoms with van der Waals surface area (Å²) in [6.45, 7) is 0. The molecular formula is C22H18N4O5S. The fourth-order valence-corrected chi connectivity index (χ4v) is 4.88. The highest BCUT2D eigenvalue weighted by Crippen LogP contribution is 2.36. The first-order valence-electron chi connectivity index (χ1n) is 9.50. The molecule has 0 saturated carbocycles. The molecule has 3 aromatic heterocycles. The maximum Gasteiger partial charge on any atom is 0.337 e. The molecule has 1 aliphatic heterocycles. The lowest BCUT2D eigenvalue weighted by Gasteiger charge is -2.30. The zero-order chi connectivity index (χ0) is 22.8. The summed E-state index contributed by atoms with van der Waals surface area (Å²) in [7, 11) is 2.42. The Morgan fingerprint density at radius 3 is 2.44 bits per heavy atom. The van der Waals surface area contributed by atoms with Crippen molar-refractivity contribution in [3.8, 4) is 0 Å². The van der Waals surface area contributed by atoms with Crippen molar-refractivity contribution in [2.75, 3.05) is 14.2 Å². The van der Waals surface area contributed by atoms with Crippen LogP contribution < -0.4 is 14.8 Å². The second-order valence-electron chi connectivity index (χ2n) is 6.90. The predicted octanol–water partition coefficient (Wildman–Crippen LogP) is 0.264. The Labute approximate surface area is 185 Å². The minimum atomic E-state index is -1.23. The minimum absolute atomic E-state index is 0.0971. The lowest BCUT2D eigenvalue weighted by molar-refractivity contribution is -0.143. The fraction of sp³-hybridized carbons (Fsp3) is 0.182.